The van der Waals surface area contributed by atoms with Gasteiger partial charge in [-0.1, -0.05) is 0 Å². The van der Waals surface area contributed by atoms with Crippen LogP contribution < -0.4 is 10.2 Å². The van der Waals surface area contributed by atoms with E-state index in [-0.39, 0.29) is 34.6 Å². The zero-order chi connectivity index (χ0) is 29.6. The van der Waals surface area contributed by atoms with Gasteiger partial charge in [0, 0.05) is 17.7 Å². The summed E-state index contributed by atoms with van der Waals surface area (Å²) in [5, 5.41) is 90.6. The quantitative estimate of drug-likeness (QED) is 0.156. The first-order valence-corrected chi connectivity index (χ1v) is 12.4. The average molecular weight is 580 g/mol. The Morgan fingerprint density at radius 2 is 1.49 bits per heavy atom. The zero-order valence-corrected chi connectivity index (χ0v) is 21.0. The van der Waals surface area contributed by atoms with Crippen LogP contribution in [0.1, 0.15) is 0 Å². The smallest absolute Gasteiger partial charge is 0.239 e. The molecular formula is C26H28O15. The number of hydrogen-bond acceptors (Lipinski definition) is 15. The molecule has 2 fully saturated rings. The summed E-state index contributed by atoms with van der Waals surface area (Å²) in [5.41, 5.74) is -0.954. The highest BCUT2D eigenvalue weighted by Crippen LogP contribution is 2.37. The molecule has 0 saturated carbocycles. The molecule has 3 heterocycles. The Morgan fingerprint density at radius 3 is 2.20 bits per heavy atom. The summed E-state index contributed by atoms with van der Waals surface area (Å²) in [7, 11) is 0. The molecule has 2 saturated heterocycles. The monoisotopic (exact) mass is 580 g/mol. The second kappa shape index (κ2) is 11.4. The molecule has 9 atom stereocenters. The van der Waals surface area contributed by atoms with Crippen LogP contribution in [-0.2, 0) is 14.2 Å². The maximum absolute atomic E-state index is 13.5. The molecule has 15 nitrogen and oxygen atoms in total. The molecule has 0 amide bonds. The van der Waals surface area contributed by atoms with Gasteiger partial charge in [-0.25, -0.2) is 0 Å². The van der Waals surface area contributed by atoms with Crippen molar-refractivity contribution < 1.29 is 69.3 Å². The van der Waals surface area contributed by atoms with E-state index >= 15 is 0 Å². The molecule has 0 radical (unpaired) electrons. The molecule has 222 valence electrons. The summed E-state index contributed by atoms with van der Waals surface area (Å²) in [6.07, 6.45) is -14.8. The van der Waals surface area contributed by atoms with Crippen molar-refractivity contribution in [3.63, 3.8) is 0 Å². The van der Waals surface area contributed by atoms with E-state index in [1.165, 1.54) is 24.3 Å². The molecular weight excluding hydrogens is 552 g/mol. The fourth-order valence-electron chi connectivity index (χ4n) is 4.56. The first-order valence-electron chi connectivity index (χ1n) is 12.4. The number of rotatable bonds is 6. The third-order valence-electron chi connectivity index (χ3n) is 6.83. The fraction of sp³-hybridized carbons (Fsp3) is 0.423. The van der Waals surface area contributed by atoms with Crippen molar-refractivity contribution in [3.8, 4) is 34.3 Å². The maximum Gasteiger partial charge on any atom is 0.239 e. The molecule has 0 bridgehead atoms. The van der Waals surface area contributed by atoms with Crippen LogP contribution in [0.4, 0.5) is 0 Å². The molecule has 2 aliphatic heterocycles. The van der Waals surface area contributed by atoms with Gasteiger partial charge in [-0.3, -0.25) is 4.79 Å². The standard InChI is InChI=1S/C26H28O15/c27-10-3-1-9(2-4-10)23-24(19(33)16-12(29)5-11(28)6-14(16)39-23)41-26-22(36)20(34)18(32)15(40-26)8-38-25-21(35)17(31)13(30)7-37-25/h1-6,13,15,17-18,20-22,25-32,34-36H,7-8H2/t13-,15-,17+,18-,20+,21+,22-,25+,26+/m1/s1. The average Bonchev–Trinajstić information content (AvgIpc) is 2.93. The highest BCUT2D eigenvalue weighted by atomic mass is 16.7. The fourth-order valence-corrected chi connectivity index (χ4v) is 4.56. The van der Waals surface area contributed by atoms with Gasteiger partial charge in [0.05, 0.1) is 13.2 Å². The van der Waals surface area contributed by atoms with Gasteiger partial charge in [-0.05, 0) is 24.3 Å². The highest BCUT2D eigenvalue weighted by Gasteiger charge is 2.47. The van der Waals surface area contributed by atoms with Crippen molar-refractivity contribution in [2.75, 3.05) is 13.2 Å². The second-order valence-corrected chi connectivity index (χ2v) is 9.69. The van der Waals surface area contributed by atoms with Gasteiger partial charge in [0.2, 0.25) is 17.5 Å². The van der Waals surface area contributed by atoms with Crippen LogP contribution >= 0.6 is 0 Å². The van der Waals surface area contributed by atoms with E-state index in [9.17, 15) is 50.8 Å². The van der Waals surface area contributed by atoms with Crippen LogP contribution in [0.5, 0.6) is 23.0 Å². The SMILES string of the molecule is O=c1c(O[C@@H]2O[C@H](CO[C@@H]3OC[C@@H](O)[C@H](O)[C@@H]3O)[C@@H](O)[C@H](O)[C@H]2O)c(-c2ccc(O)cc2)oc2cc(O)cc(O)c12. The van der Waals surface area contributed by atoms with E-state index in [0.29, 0.717) is 0 Å². The van der Waals surface area contributed by atoms with Gasteiger partial charge in [0.1, 0.15) is 70.9 Å². The zero-order valence-electron chi connectivity index (χ0n) is 21.0. The maximum atomic E-state index is 13.5. The summed E-state index contributed by atoms with van der Waals surface area (Å²) >= 11 is 0. The summed E-state index contributed by atoms with van der Waals surface area (Å²) in [6.45, 7) is -0.918. The molecule has 0 aliphatic carbocycles. The van der Waals surface area contributed by atoms with Crippen LogP contribution in [0.15, 0.2) is 45.6 Å². The number of ether oxygens (including phenoxy) is 4. The Labute approximate surface area is 230 Å². The van der Waals surface area contributed by atoms with Gasteiger partial charge in [-0.15, -0.1) is 0 Å². The topological polar surface area (TPSA) is 249 Å². The summed E-state index contributed by atoms with van der Waals surface area (Å²) in [4.78, 5) is 13.5. The molecule has 2 aliphatic rings. The Hall–Kier alpha value is -3.51. The minimum Gasteiger partial charge on any atom is -0.508 e. The van der Waals surface area contributed by atoms with Crippen molar-refractivity contribution >= 4 is 11.0 Å². The van der Waals surface area contributed by atoms with Crippen molar-refractivity contribution in [2.24, 2.45) is 0 Å². The number of aromatic hydroxyl groups is 3. The number of benzene rings is 2. The largest absolute Gasteiger partial charge is 0.508 e. The molecule has 1 aromatic heterocycles. The predicted molar refractivity (Wildman–Crippen MR) is 134 cm³/mol. The van der Waals surface area contributed by atoms with E-state index in [4.69, 9.17) is 23.4 Å². The lowest BCUT2D eigenvalue weighted by Gasteiger charge is -2.41. The molecule has 2 aromatic carbocycles. The molecule has 9 N–H and O–H groups in total. The van der Waals surface area contributed by atoms with Gasteiger partial charge in [0.15, 0.2) is 12.1 Å². The van der Waals surface area contributed by atoms with E-state index in [1.807, 2.05) is 0 Å². The van der Waals surface area contributed by atoms with E-state index in [1.54, 1.807) is 0 Å². The number of aliphatic hydroxyl groups excluding tert-OH is 6. The number of phenols is 3. The molecule has 5 rings (SSSR count). The van der Waals surface area contributed by atoms with Crippen LogP contribution in [0.25, 0.3) is 22.3 Å². The van der Waals surface area contributed by atoms with Crippen molar-refractivity contribution in [1.29, 1.82) is 0 Å². The lowest BCUT2D eigenvalue weighted by Crippen LogP contribution is -2.61. The van der Waals surface area contributed by atoms with Crippen LogP contribution in [0, 0.1) is 0 Å². The van der Waals surface area contributed by atoms with E-state index < -0.39 is 84.6 Å². The normalized spacial score (nSPS) is 32.2. The number of hydrogen-bond donors (Lipinski definition) is 9. The molecule has 41 heavy (non-hydrogen) atoms. The van der Waals surface area contributed by atoms with Crippen LogP contribution in [0.3, 0.4) is 0 Å². The lowest BCUT2D eigenvalue weighted by atomic mass is 9.99. The second-order valence-electron chi connectivity index (χ2n) is 9.69. The Kier molecular flexibility index (Phi) is 8.06. The van der Waals surface area contributed by atoms with Crippen LogP contribution in [0.2, 0.25) is 0 Å². The van der Waals surface area contributed by atoms with E-state index in [2.05, 4.69) is 0 Å². The summed E-state index contributed by atoms with van der Waals surface area (Å²) < 4.78 is 27.6. The van der Waals surface area contributed by atoms with Crippen molar-refractivity contribution in [1.82, 2.24) is 0 Å². The number of fused-ring (bicyclic) bond motifs is 1. The highest BCUT2D eigenvalue weighted by molar-refractivity contribution is 5.88. The first kappa shape index (κ1) is 29.0. The van der Waals surface area contributed by atoms with E-state index in [0.717, 1.165) is 12.1 Å². The van der Waals surface area contributed by atoms with Crippen LogP contribution in [-0.4, -0.2) is 114 Å². The summed E-state index contributed by atoms with van der Waals surface area (Å²) in [6, 6.07) is 7.33. The Bertz CT molecular complexity index is 1440. The van der Waals surface area contributed by atoms with Gasteiger partial charge in [0.25, 0.3) is 0 Å². The third-order valence-corrected chi connectivity index (χ3v) is 6.83. The van der Waals surface area contributed by atoms with Crippen molar-refractivity contribution in [3.05, 3.63) is 46.6 Å². The molecule has 0 unspecified atom stereocenters. The lowest BCUT2D eigenvalue weighted by molar-refractivity contribution is -0.307. The third kappa shape index (κ3) is 5.54. The first-order chi connectivity index (χ1) is 19.5. The molecule has 3 aromatic rings. The van der Waals surface area contributed by atoms with Crippen molar-refractivity contribution in [2.45, 2.75) is 55.3 Å². The molecule has 15 heteroatoms. The minimum atomic E-state index is -1.91. The minimum absolute atomic E-state index is 0.102. The summed E-state index contributed by atoms with van der Waals surface area (Å²) in [5.74, 6) is -1.97. The van der Waals surface area contributed by atoms with Gasteiger partial charge < -0.3 is 69.3 Å². The Balaban J connectivity index is 1.46. The molecule has 0 spiro atoms. The van der Waals surface area contributed by atoms with Gasteiger partial charge >= 0.3 is 0 Å². The number of phenolic OH excluding ortho intramolecular Hbond substituents is 3. The Morgan fingerprint density at radius 1 is 0.805 bits per heavy atom. The van der Waals surface area contributed by atoms with Gasteiger partial charge in [-0.2, -0.15) is 0 Å². The predicted octanol–water partition coefficient (Wildman–Crippen LogP) is -1.78. The number of aliphatic hydroxyl groups is 6.